The van der Waals surface area contributed by atoms with Crippen molar-refractivity contribution < 1.29 is 17.6 Å². The summed E-state index contributed by atoms with van der Waals surface area (Å²) in [6.07, 6.45) is -2.96. The van der Waals surface area contributed by atoms with Gasteiger partial charge in [-0.2, -0.15) is 13.2 Å². The number of alkyl halides is 3. The summed E-state index contributed by atoms with van der Waals surface area (Å²) in [6, 6.07) is 5.66. The van der Waals surface area contributed by atoms with E-state index in [1.807, 2.05) is 13.0 Å². The molecule has 23 heavy (non-hydrogen) atoms. The zero-order chi connectivity index (χ0) is 16.6. The van der Waals surface area contributed by atoms with Crippen LogP contribution in [0.1, 0.15) is 12.5 Å². The number of halogens is 4. The quantitative estimate of drug-likeness (QED) is 0.565. The number of hydrogen-bond donors (Lipinski definition) is 0. The van der Waals surface area contributed by atoms with Gasteiger partial charge in [0.1, 0.15) is 11.2 Å². The maximum absolute atomic E-state index is 12.9. The monoisotopic (exact) mass is 358 g/mol. The number of hydrogen-bond acceptors (Lipinski definition) is 4. The molecule has 2 aromatic heterocycles. The van der Waals surface area contributed by atoms with Crippen LogP contribution in [0.25, 0.3) is 22.7 Å². The molecule has 8 heteroatoms. The highest BCUT2D eigenvalue weighted by molar-refractivity contribution is 7.99. The number of oxazole rings is 1. The molecule has 2 heterocycles. The summed E-state index contributed by atoms with van der Waals surface area (Å²) in [6.45, 7) is 1.99. The Morgan fingerprint density at radius 1 is 1.30 bits per heavy atom. The molecule has 0 aliphatic carbocycles. The van der Waals surface area contributed by atoms with Crippen LogP contribution >= 0.6 is 23.4 Å². The van der Waals surface area contributed by atoms with Crippen LogP contribution in [0.5, 0.6) is 0 Å². The molecule has 0 saturated carbocycles. The lowest BCUT2D eigenvalue weighted by molar-refractivity contribution is -0.137. The standard InChI is InChI=1S/C15H10ClF3N2OS/c1-2-23-12-4-3-5-20-13(12)14-21-10-6-8(15(17,18)19)9(16)7-11(10)22-14/h3-7H,2H2,1H3. The van der Waals surface area contributed by atoms with Crippen molar-refractivity contribution in [3.05, 3.63) is 41.0 Å². The third-order valence-electron chi connectivity index (χ3n) is 3.06. The third kappa shape index (κ3) is 3.16. The Labute approximate surface area is 138 Å². The lowest BCUT2D eigenvalue weighted by Gasteiger charge is -2.07. The molecule has 3 aromatic rings. The minimum absolute atomic E-state index is 0.0924. The molecule has 0 saturated heterocycles. The lowest BCUT2D eigenvalue weighted by atomic mass is 10.2. The van der Waals surface area contributed by atoms with Gasteiger partial charge in [-0.3, -0.25) is 0 Å². The van der Waals surface area contributed by atoms with Crippen molar-refractivity contribution in [1.29, 1.82) is 0 Å². The van der Waals surface area contributed by atoms with Gasteiger partial charge in [-0.25, -0.2) is 9.97 Å². The largest absolute Gasteiger partial charge is 0.435 e. The summed E-state index contributed by atoms with van der Waals surface area (Å²) in [4.78, 5) is 9.21. The average Bonchev–Trinajstić information content (AvgIpc) is 2.89. The Morgan fingerprint density at radius 2 is 2.09 bits per heavy atom. The highest BCUT2D eigenvalue weighted by atomic mass is 35.5. The first-order valence-corrected chi connectivity index (χ1v) is 8.02. The van der Waals surface area contributed by atoms with Crippen LogP contribution in [0.3, 0.4) is 0 Å². The smallest absolute Gasteiger partial charge is 0.417 e. The summed E-state index contributed by atoms with van der Waals surface area (Å²) in [5.74, 6) is 0.995. The van der Waals surface area contributed by atoms with Crippen molar-refractivity contribution in [2.45, 2.75) is 18.0 Å². The molecule has 0 radical (unpaired) electrons. The molecule has 0 aliphatic heterocycles. The first-order valence-electron chi connectivity index (χ1n) is 6.65. The van der Waals surface area contributed by atoms with Crippen LogP contribution in [0, 0.1) is 0 Å². The minimum Gasteiger partial charge on any atom is -0.435 e. The number of rotatable bonds is 3. The summed E-state index contributed by atoms with van der Waals surface area (Å²) in [7, 11) is 0. The molecular formula is C15H10ClF3N2OS. The molecule has 0 atom stereocenters. The van der Waals surface area contributed by atoms with Crippen LogP contribution in [0.4, 0.5) is 13.2 Å². The maximum Gasteiger partial charge on any atom is 0.417 e. The Hall–Kier alpha value is -1.73. The summed E-state index contributed by atoms with van der Waals surface area (Å²) >= 11 is 7.25. The van der Waals surface area contributed by atoms with E-state index in [1.165, 1.54) is 0 Å². The second kappa shape index (κ2) is 6.05. The van der Waals surface area contributed by atoms with Crippen molar-refractivity contribution in [2.24, 2.45) is 0 Å². The van der Waals surface area contributed by atoms with Gasteiger partial charge in [0.25, 0.3) is 0 Å². The Bertz CT molecular complexity index is 864. The number of thioether (sulfide) groups is 1. The first-order chi connectivity index (χ1) is 10.9. The lowest BCUT2D eigenvalue weighted by Crippen LogP contribution is -2.05. The topological polar surface area (TPSA) is 38.9 Å². The number of benzene rings is 1. The molecule has 0 bridgehead atoms. The Morgan fingerprint density at radius 3 is 2.78 bits per heavy atom. The number of pyridine rings is 1. The van der Waals surface area contributed by atoms with E-state index in [1.54, 1.807) is 24.0 Å². The zero-order valence-corrected chi connectivity index (χ0v) is 13.4. The van der Waals surface area contributed by atoms with Crippen LogP contribution in [0.15, 0.2) is 39.8 Å². The summed E-state index contributed by atoms with van der Waals surface area (Å²) in [5.41, 5.74) is -0.151. The predicted octanol–water partition coefficient (Wildman–Crippen LogP) is 5.67. The fraction of sp³-hybridized carbons (Fsp3) is 0.200. The van der Waals surface area contributed by atoms with Crippen LogP contribution in [-0.4, -0.2) is 15.7 Å². The Balaban J connectivity index is 2.15. The van der Waals surface area contributed by atoms with E-state index < -0.39 is 16.8 Å². The van der Waals surface area contributed by atoms with Gasteiger partial charge in [0.05, 0.1) is 10.6 Å². The molecule has 3 nitrogen and oxygen atoms in total. The fourth-order valence-corrected chi connectivity index (χ4v) is 3.11. The van der Waals surface area contributed by atoms with E-state index in [-0.39, 0.29) is 17.0 Å². The molecule has 0 fully saturated rings. The van der Waals surface area contributed by atoms with Crippen molar-refractivity contribution in [2.75, 3.05) is 5.75 Å². The third-order valence-corrected chi connectivity index (χ3v) is 4.30. The molecule has 0 aliphatic rings. The SMILES string of the molecule is CCSc1cccnc1-c1nc2cc(C(F)(F)F)c(Cl)cc2o1. The highest BCUT2D eigenvalue weighted by Gasteiger charge is 2.34. The van der Waals surface area contributed by atoms with E-state index >= 15 is 0 Å². The molecule has 0 N–H and O–H groups in total. The van der Waals surface area contributed by atoms with Gasteiger partial charge >= 0.3 is 6.18 Å². The summed E-state index contributed by atoms with van der Waals surface area (Å²) < 4.78 is 44.3. The van der Waals surface area contributed by atoms with Crippen molar-refractivity contribution in [3.8, 4) is 11.6 Å². The maximum atomic E-state index is 12.9. The summed E-state index contributed by atoms with van der Waals surface area (Å²) in [5, 5.41) is -0.420. The molecule has 0 spiro atoms. The van der Waals surface area contributed by atoms with Crippen LogP contribution in [0.2, 0.25) is 5.02 Å². The molecular weight excluding hydrogens is 349 g/mol. The van der Waals surface area contributed by atoms with Gasteiger partial charge in [-0.1, -0.05) is 18.5 Å². The second-order valence-corrected chi connectivity index (χ2v) is 6.31. The zero-order valence-electron chi connectivity index (χ0n) is 11.8. The molecule has 120 valence electrons. The predicted molar refractivity (Wildman–Crippen MR) is 83.7 cm³/mol. The van der Waals surface area contributed by atoms with Gasteiger partial charge in [-0.15, -0.1) is 11.8 Å². The number of nitrogens with zero attached hydrogens (tertiary/aromatic N) is 2. The second-order valence-electron chi connectivity index (χ2n) is 4.60. The first kappa shape index (κ1) is 16.1. The van der Waals surface area contributed by atoms with Gasteiger partial charge in [0.2, 0.25) is 5.89 Å². The number of fused-ring (bicyclic) bond motifs is 1. The minimum atomic E-state index is -4.54. The molecule has 3 rings (SSSR count). The van der Waals surface area contributed by atoms with Crippen molar-refractivity contribution in [3.63, 3.8) is 0 Å². The van der Waals surface area contributed by atoms with Gasteiger partial charge in [0.15, 0.2) is 5.58 Å². The van der Waals surface area contributed by atoms with E-state index in [9.17, 15) is 13.2 Å². The molecule has 1 aromatic carbocycles. The highest BCUT2D eigenvalue weighted by Crippen LogP contribution is 2.38. The Kier molecular flexibility index (Phi) is 4.25. The van der Waals surface area contributed by atoms with Gasteiger partial charge in [0, 0.05) is 17.2 Å². The molecule has 0 amide bonds. The van der Waals surface area contributed by atoms with E-state index in [2.05, 4.69) is 9.97 Å². The van der Waals surface area contributed by atoms with E-state index in [0.717, 1.165) is 22.8 Å². The van der Waals surface area contributed by atoms with E-state index in [4.69, 9.17) is 16.0 Å². The average molecular weight is 359 g/mol. The molecule has 0 unspecified atom stereocenters. The number of aromatic nitrogens is 2. The van der Waals surface area contributed by atoms with Gasteiger partial charge in [-0.05, 0) is 24.0 Å². The van der Waals surface area contributed by atoms with Crippen LogP contribution in [-0.2, 0) is 6.18 Å². The normalized spacial score (nSPS) is 12.0. The van der Waals surface area contributed by atoms with Crippen molar-refractivity contribution >= 4 is 34.5 Å². The van der Waals surface area contributed by atoms with Crippen molar-refractivity contribution in [1.82, 2.24) is 9.97 Å². The van der Waals surface area contributed by atoms with Crippen LogP contribution < -0.4 is 0 Å². The van der Waals surface area contributed by atoms with E-state index in [0.29, 0.717) is 5.69 Å². The van der Waals surface area contributed by atoms with Gasteiger partial charge < -0.3 is 4.42 Å². The fourth-order valence-electron chi connectivity index (χ4n) is 2.09.